The van der Waals surface area contributed by atoms with Crippen LogP contribution in [0.5, 0.6) is 0 Å². The highest BCUT2D eigenvalue weighted by atomic mass is 15.1. The number of H-pyrrole nitrogens is 2. The number of aromatic nitrogens is 8. The molecule has 2 aliphatic rings. The fourth-order valence-electron chi connectivity index (χ4n) is 8.05. The molecular weight excluding hydrogens is 641 g/mol. The van der Waals surface area contributed by atoms with E-state index in [0.717, 1.165) is 65.0 Å². The molecule has 2 N–H and O–H groups in total. The Bertz CT molecular complexity index is 3200. The van der Waals surface area contributed by atoms with Gasteiger partial charge in [0.05, 0.1) is 0 Å². The van der Waals surface area contributed by atoms with E-state index in [0.29, 0.717) is 45.9 Å². The van der Waals surface area contributed by atoms with E-state index >= 15 is 0 Å². The van der Waals surface area contributed by atoms with Gasteiger partial charge in [-0.1, -0.05) is 119 Å². The number of nitrogens with zero attached hydrogens (tertiary/aromatic N) is 6. The summed E-state index contributed by atoms with van der Waals surface area (Å²) >= 11 is 0. The normalized spacial score (nSPS) is 14.8. The summed E-state index contributed by atoms with van der Waals surface area (Å²) in [7, 11) is 0. The monoisotopic (exact) mass is 672 g/mol. The van der Waals surface area contributed by atoms with E-state index < -0.39 is 10.8 Å². The lowest BCUT2D eigenvalue weighted by Gasteiger charge is -2.32. The number of nitrogens with one attached hydrogen (secondary N) is 2. The molecule has 0 amide bonds. The highest BCUT2D eigenvalue weighted by molar-refractivity contribution is 6.20. The van der Waals surface area contributed by atoms with Crippen molar-refractivity contribution in [1.82, 2.24) is 39.9 Å². The SMILES string of the molecule is CC1(C)c2nc(nc3[nH]c(nc4nc(nc5[nH]c(n2)c2ccc6ccccc6c52)-c2ccc5ccccc5c2-4)c2c4ccccc4ccc32)C1(C)C. The molecule has 0 fully saturated rings. The first-order valence-corrected chi connectivity index (χ1v) is 17.6. The van der Waals surface area contributed by atoms with E-state index in [1.165, 1.54) is 0 Å². The van der Waals surface area contributed by atoms with Crippen molar-refractivity contribution in [3.05, 3.63) is 121 Å². The molecule has 248 valence electrons. The number of benzene rings is 6. The maximum absolute atomic E-state index is 5.39. The highest BCUT2D eigenvalue weighted by Gasteiger charge is 2.48. The average Bonchev–Trinajstić information content (AvgIpc) is 3.85. The van der Waals surface area contributed by atoms with E-state index in [1.807, 2.05) is 0 Å². The minimum Gasteiger partial charge on any atom is -0.324 e. The van der Waals surface area contributed by atoms with Crippen LogP contribution in [-0.2, 0) is 10.8 Å². The maximum atomic E-state index is 5.39. The van der Waals surface area contributed by atoms with Crippen LogP contribution in [0.25, 0.3) is 99.2 Å². The summed E-state index contributed by atoms with van der Waals surface area (Å²) in [5, 5.41) is 10.5. The number of hydrogen-bond donors (Lipinski definition) is 2. The Morgan fingerprint density at radius 2 is 0.846 bits per heavy atom. The summed E-state index contributed by atoms with van der Waals surface area (Å²) in [4.78, 5) is 39.1. The van der Waals surface area contributed by atoms with E-state index in [2.05, 4.69) is 147 Å². The lowest BCUT2D eigenvalue weighted by Crippen LogP contribution is -2.37. The van der Waals surface area contributed by atoms with Crippen molar-refractivity contribution in [2.75, 3.05) is 0 Å². The third-order valence-corrected chi connectivity index (χ3v) is 11.7. The largest absolute Gasteiger partial charge is 0.324 e. The van der Waals surface area contributed by atoms with Crippen LogP contribution in [0.3, 0.4) is 0 Å². The van der Waals surface area contributed by atoms with Crippen molar-refractivity contribution in [1.29, 1.82) is 0 Å². The second kappa shape index (κ2) is 10.0. The molecule has 11 rings (SSSR count). The fourth-order valence-corrected chi connectivity index (χ4v) is 8.05. The lowest BCUT2D eigenvalue weighted by molar-refractivity contribution is 0.310. The number of fused-ring (bicyclic) bond motifs is 23. The van der Waals surface area contributed by atoms with Crippen LogP contribution in [-0.4, -0.2) is 39.9 Å². The van der Waals surface area contributed by atoms with Gasteiger partial charge in [-0.15, -0.1) is 0 Å². The molecule has 6 aromatic carbocycles. The molecular formula is C44H32N8. The molecule has 0 unspecified atom stereocenters. The van der Waals surface area contributed by atoms with Crippen LogP contribution >= 0.6 is 0 Å². The van der Waals surface area contributed by atoms with Crippen molar-refractivity contribution < 1.29 is 0 Å². The minimum atomic E-state index is -0.440. The van der Waals surface area contributed by atoms with E-state index in [9.17, 15) is 0 Å². The van der Waals surface area contributed by atoms with Gasteiger partial charge in [0, 0.05) is 43.5 Å². The summed E-state index contributed by atoms with van der Waals surface area (Å²) < 4.78 is 0. The summed E-state index contributed by atoms with van der Waals surface area (Å²) in [5.74, 6) is 2.61. The van der Waals surface area contributed by atoms with Crippen LogP contribution in [0.15, 0.2) is 109 Å². The van der Waals surface area contributed by atoms with Gasteiger partial charge >= 0.3 is 0 Å². The first-order valence-electron chi connectivity index (χ1n) is 17.6. The van der Waals surface area contributed by atoms with Crippen LogP contribution in [0.1, 0.15) is 39.3 Å². The third-order valence-electron chi connectivity index (χ3n) is 11.7. The molecule has 0 aliphatic carbocycles. The van der Waals surface area contributed by atoms with Gasteiger partial charge in [0.25, 0.3) is 0 Å². The standard InChI is InChI=1S/C44H32N8/c1-43(2)41-50-36-30-21-18-24-12-6-9-15-27(24)33(30)38(47-36)45-35-29-20-17-23-11-5-8-14-26(23)32(29)39(46-35)49-40-34-28-16-10-7-13-25(28)19-22-31(34)37(48-40)51-42(52-41)44(43,3)4/h5-22H,1-4H3,(H2,45,46,47,48,49,50,51,52). The third kappa shape index (κ3) is 3.86. The van der Waals surface area contributed by atoms with Gasteiger partial charge in [-0.05, 0) is 50.5 Å². The Balaban J connectivity index is 1.40. The van der Waals surface area contributed by atoms with Gasteiger partial charge in [0.2, 0.25) is 0 Å². The zero-order valence-electron chi connectivity index (χ0n) is 29.1. The molecule has 8 nitrogen and oxygen atoms in total. The van der Waals surface area contributed by atoms with E-state index in [1.54, 1.807) is 0 Å². The molecule has 0 saturated carbocycles. The first kappa shape index (κ1) is 29.2. The number of hydrogen-bond acceptors (Lipinski definition) is 6. The smallest absolute Gasteiger partial charge is 0.165 e. The topological polar surface area (TPSA) is 109 Å². The Kier molecular flexibility index (Phi) is 5.64. The van der Waals surface area contributed by atoms with Crippen molar-refractivity contribution in [2.24, 2.45) is 0 Å². The molecule has 2 aliphatic heterocycles. The van der Waals surface area contributed by atoms with Crippen LogP contribution in [0.4, 0.5) is 0 Å². The predicted molar refractivity (Wildman–Crippen MR) is 210 cm³/mol. The molecule has 8 heteroatoms. The van der Waals surface area contributed by atoms with Crippen LogP contribution in [0.2, 0.25) is 0 Å². The van der Waals surface area contributed by atoms with Gasteiger partial charge in [0.1, 0.15) is 34.2 Å². The van der Waals surface area contributed by atoms with Gasteiger partial charge in [-0.25, -0.2) is 29.9 Å². The van der Waals surface area contributed by atoms with Crippen LogP contribution < -0.4 is 0 Å². The Labute approximate surface area is 297 Å². The van der Waals surface area contributed by atoms with Gasteiger partial charge in [-0.3, -0.25) is 0 Å². The van der Waals surface area contributed by atoms with E-state index in [-0.39, 0.29) is 0 Å². The van der Waals surface area contributed by atoms with Crippen molar-refractivity contribution >= 4 is 76.5 Å². The predicted octanol–water partition coefficient (Wildman–Crippen LogP) is 10.3. The molecule has 0 atom stereocenters. The maximum Gasteiger partial charge on any atom is 0.165 e. The van der Waals surface area contributed by atoms with Crippen molar-refractivity contribution in [3.63, 3.8) is 0 Å². The van der Waals surface area contributed by atoms with Crippen LogP contribution in [0, 0.1) is 0 Å². The fraction of sp³-hybridized carbons (Fsp3) is 0.136. The van der Waals surface area contributed by atoms with Gasteiger partial charge in [-0.2, -0.15) is 0 Å². The Morgan fingerprint density at radius 3 is 1.40 bits per heavy atom. The summed E-state index contributed by atoms with van der Waals surface area (Å²) in [6, 6.07) is 38.0. The number of aromatic amines is 2. The van der Waals surface area contributed by atoms with Crippen molar-refractivity contribution in [2.45, 2.75) is 38.5 Å². The molecule has 0 radical (unpaired) electrons. The summed E-state index contributed by atoms with van der Waals surface area (Å²) in [5.41, 5.74) is 3.81. The quantitative estimate of drug-likeness (QED) is 0.166. The molecule has 52 heavy (non-hydrogen) atoms. The highest BCUT2D eigenvalue weighted by Crippen LogP contribution is 2.46. The van der Waals surface area contributed by atoms with Gasteiger partial charge in [0.15, 0.2) is 11.6 Å². The van der Waals surface area contributed by atoms with Gasteiger partial charge < -0.3 is 9.97 Å². The molecule has 0 spiro atoms. The van der Waals surface area contributed by atoms with Crippen molar-refractivity contribution in [3.8, 4) is 22.8 Å². The average molecular weight is 673 g/mol. The molecule has 0 saturated heterocycles. The first-order chi connectivity index (χ1) is 25.3. The minimum absolute atomic E-state index is 0.438. The molecule has 3 aromatic heterocycles. The Hall–Kier alpha value is -6.54. The second-order valence-corrected chi connectivity index (χ2v) is 15.0. The lowest BCUT2D eigenvalue weighted by atomic mass is 9.69. The second-order valence-electron chi connectivity index (χ2n) is 15.0. The molecule has 9 aromatic rings. The van der Waals surface area contributed by atoms with E-state index in [4.69, 9.17) is 29.9 Å². The zero-order valence-corrected chi connectivity index (χ0v) is 29.1. The zero-order chi connectivity index (χ0) is 34.9. The summed E-state index contributed by atoms with van der Waals surface area (Å²) in [6.07, 6.45) is 0. The molecule has 8 bridgehead atoms. The Morgan fingerprint density at radius 1 is 0.385 bits per heavy atom. The summed E-state index contributed by atoms with van der Waals surface area (Å²) in [6.45, 7) is 8.80. The number of rotatable bonds is 0. The molecule has 5 heterocycles.